The minimum Gasteiger partial charge on any atom is -0.496 e. The number of nitrogens with zero attached hydrogens (tertiary/aromatic N) is 5. The molecule has 2 aliphatic heterocycles. The first kappa shape index (κ1) is 46.0. The fraction of sp³-hybridized carbons (Fsp3) is 0.302. The number of carbonyl (C=O) groups excluding carboxylic acids is 1. The highest BCUT2D eigenvalue weighted by Gasteiger charge is 2.25. The van der Waals surface area contributed by atoms with Gasteiger partial charge in [0.15, 0.2) is 0 Å². The normalized spacial score (nSPS) is 13.7. The Hall–Kier alpha value is -7.05. The van der Waals surface area contributed by atoms with Crippen molar-refractivity contribution in [2.75, 3.05) is 54.6 Å². The Kier molecular flexibility index (Phi) is 15.2. The molecular weight excluding hydrogens is 817 g/mol. The van der Waals surface area contributed by atoms with Gasteiger partial charge in [0, 0.05) is 66.1 Å². The second kappa shape index (κ2) is 21.6. The zero-order valence-corrected chi connectivity index (χ0v) is 38.4. The molecule has 4 aromatic carbocycles. The van der Waals surface area contributed by atoms with Crippen molar-refractivity contribution in [3.63, 3.8) is 0 Å². The van der Waals surface area contributed by atoms with Crippen molar-refractivity contribution >= 4 is 17.2 Å². The standard InChI is InChI=1S/C29H33N3O4.C24H25N3O2/c1-29(2,3)36-28(33)32-14-12-21(13-15-32)24-17-20(10-11-27(24)35-5)16-22-18-25(31-19-30-22)23-8-6-7-9-26(23)34-4;1-28-23-6-4-3-5-20(23)22-15-19(26-16-27-22)13-17-7-8-24(29-2)21(14-17)18-9-11-25-12-10-18/h6-12,17-19H,13-16H2,1-5H3;3-9,14-16,25H,10-13H2,1-2H3. The van der Waals surface area contributed by atoms with E-state index in [2.05, 4.69) is 67.7 Å². The van der Waals surface area contributed by atoms with Crippen LogP contribution in [0, 0.1) is 0 Å². The minimum atomic E-state index is -0.509. The van der Waals surface area contributed by atoms with Gasteiger partial charge in [-0.2, -0.15) is 0 Å². The molecule has 0 saturated heterocycles. The Morgan fingerprint density at radius 3 is 1.54 bits per heavy atom. The van der Waals surface area contributed by atoms with Gasteiger partial charge in [-0.3, -0.25) is 0 Å². The molecule has 0 bridgehead atoms. The molecule has 12 nitrogen and oxygen atoms in total. The Balaban J connectivity index is 0.000000198. The van der Waals surface area contributed by atoms with Gasteiger partial charge in [-0.05, 0) is 123 Å². The largest absolute Gasteiger partial charge is 0.496 e. The molecule has 0 atom stereocenters. The van der Waals surface area contributed by atoms with Gasteiger partial charge in [0.2, 0.25) is 0 Å². The van der Waals surface area contributed by atoms with Crippen molar-refractivity contribution in [1.82, 2.24) is 30.2 Å². The first-order valence-corrected chi connectivity index (χ1v) is 21.9. The summed E-state index contributed by atoms with van der Waals surface area (Å²) in [6.45, 7) is 8.63. The van der Waals surface area contributed by atoms with Crippen LogP contribution in [-0.4, -0.2) is 91.1 Å². The van der Waals surface area contributed by atoms with Gasteiger partial charge >= 0.3 is 6.09 Å². The first-order valence-electron chi connectivity index (χ1n) is 21.9. The van der Waals surface area contributed by atoms with Gasteiger partial charge in [-0.15, -0.1) is 0 Å². The number of hydrogen-bond donors (Lipinski definition) is 1. The maximum Gasteiger partial charge on any atom is 0.410 e. The molecular formula is C53H58N6O6. The van der Waals surface area contributed by atoms with E-state index in [0.29, 0.717) is 19.5 Å². The number of aromatic nitrogens is 4. The number of para-hydroxylation sites is 2. The molecule has 0 unspecified atom stereocenters. The monoisotopic (exact) mass is 874 g/mol. The van der Waals surface area contributed by atoms with Crippen molar-refractivity contribution < 1.29 is 28.5 Å². The minimum absolute atomic E-state index is 0.284. The maximum atomic E-state index is 12.4. The fourth-order valence-electron chi connectivity index (χ4n) is 7.92. The van der Waals surface area contributed by atoms with Crippen LogP contribution in [0.15, 0.2) is 122 Å². The van der Waals surface area contributed by atoms with Crippen LogP contribution in [0.1, 0.15) is 67.3 Å². The van der Waals surface area contributed by atoms with E-state index in [-0.39, 0.29) is 6.09 Å². The summed E-state index contributed by atoms with van der Waals surface area (Å²) in [6.07, 6.45) is 10.4. The SMILES string of the molecule is COc1ccc(Cc2cc(-c3ccccc3OC)ncn2)cc1C1=CCN(C(=O)OC(C)(C)C)CC1.COc1ccc(Cc2cc(-c3ccccc3OC)ncn2)cc1C1=CCNCC1. The van der Waals surface area contributed by atoms with E-state index in [0.717, 1.165) is 106 Å². The summed E-state index contributed by atoms with van der Waals surface area (Å²) in [4.78, 5) is 32.1. The molecule has 65 heavy (non-hydrogen) atoms. The molecule has 0 saturated carbocycles. The smallest absolute Gasteiger partial charge is 0.410 e. The predicted molar refractivity (Wildman–Crippen MR) is 256 cm³/mol. The van der Waals surface area contributed by atoms with Crippen LogP contribution in [0.2, 0.25) is 0 Å². The third kappa shape index (κ3) is 12.0. The second-order valence-corrected chi connectivity index (χ2v) is 16.7. The van der Waals surface area contributed by atoms with Crippen molar-refractivity contribution in [1.29, 1.82) is 0 Å². The number of methoxy groups -OCH3 is 4. The van der Waals surface area contributed by atoms with Crippen LogP contribution < -0.4 is 24.3 Å². The average Bonchev–Trinajstić information content (AvgIpc) is 3.34. The van der Waals surface area contributed by atoms with Crippen LogP contribution >= 0.6 is 0 Å². The molecule has 1 amide bonds. The van der Waals surface area contributed by atoms with Gasteiger partial charge in [-0.1, -0.05) is 48.6 Å². The molecule has 2 aliphatic rings. The van der Waals surface area contributed by atoms with Crippen molar-refractivity contribution in [3.05, 3.63) is 156 Å². The number of nitrogens with one attached hydrogen (secondary N) is 1. The lowest BCUT2D eigenvalue weighted by Crippen LogP contribution is -2.39. The third-order valence-electron chi connectivity index (χ3n) is 11.1. The molecule has 1 N–H and O–H groups in total. The lowest BCUT2D eigenvalue weighted by Gasteiger charge is -2.30. The van der Waals surface area contributed by atoms with Gasteiger partial charge < -0.3 is 33.9 Å². The molecule has 6 aromatic rings. The van der Waals surface area contributed by atoms with Crippen molar-refractivity contribution in [3.8, 4) is 45.5 Å². The Labute approximate surface area is 382 Å². The van der Waals surface area contributed by atoms with Crippen molar-refractivity contribution in [2.45, 2.75) is 52.1 Å². The average molecular weight is 875 g/mol. The summed E-state index contributed by atoms with van der Waals surface area (Å²) >= 11 is 0. The van der Waals surface area contributed by atoms with Gasteiger partial charge in [0.25, 0.3) is 0 Å². The van der Waals surface area contributed by atoms with Gasteiger partial charge in [-0.25, -0.2) is 24.7 Å². The third-order valence-corrected chi connectivity index (χ3v) is 11.1. The summed E-state index contributed by atoms with van der Waals surface area (Å²) in [7, 11) is 6.74. The highest BCUT2D eigenvalue weighted by Crippen LogP contribution is 2.35. The quantitative estimate of drug-likeness (QED) is 0.126. The molecule has 0 spiro atoms. The number of amides is 1. The number of carbonyl (C=O) groups is 1. The topological polar surface area (TPSA) is 130 Å². The summed E-state index contributed by atoms with van der Waals surface area (Å²) in [5, 5.41) is 3.36. The van der Waals surface area contributed by atoms with Crippen LogP contribution in [0.4, 0.5) is 4.79 Å². The van der Waals surface area contributed by atoms with E-state index in [1.807, 2.05) is 87.5 Å². The molecule has 0 fully saturated rings. The van der Waals surface area contributed by atoms with Crippen molar-refractivity contribution in [2.24, 2.45) is 0 Å². The molecule has 0 aliphatic carbocycles. The van der Waals surface area contributed by atoms with Crippen LogP contribution in [0.5, 0.6) is 23.0 Å². The zero-order chi connectivity index (χ0) is 45.8. The van der Waals surface area contributed by atoms with E-state index in [4.69, 9.17) is 23.7 Å². The molecule has 8 rings (SSSR count). The van der Waals surface area contributed by atoms with Crippen LogP contribution in [0.25, 0.3) is 33.7 Å². The Morgan fingerprint density at radius 1 is 0.600 bits per heavy atom. The molecule has 336 valence electrons. The number of hydrogen-bond acceptors (Lipinski definition) is 11. The van der Waals surface area contributed by atoms with Crippen LogP contribution in [-0.2, 0) is 17.6 Å². The summed E-state index contributed by atoms with van der Waals surface area (Å²) in [6, 6.07) is 32.4. The summed E-state index contributed by atoms with van der Waals surface area (Å²) in [5.41, 5.74) is 12.0. The van der Waals surface area contributed by atoms with E-state index in [1.54, 1.807) is 46.0 Å². The summed E-state index contributed by atoms with van der Waals surface area (Å²) < 4.78 is 27.8. The maximum absolute atomic E-state index is 12.4. The fourth-order valence-corrected chi connectivity index (χ4v) is 7.92. The Morgan fingerprint density at radius 2 is 1.09 bits per heavy atom. The first-order chi connectivity index (χ1) is 31.5. The van der Waals surface area contributed by atoms with E-state index < -0.39 is 5.60 Å². The molecule has 4 heterocycles. The lowest BCUT2D eigenvalue weighted by molar-refractivity contribution is 0.0270. The number of benzene rings is 4. The zero-order valence-electron chi connectivity index (χ0n) is 38.4. The van der Waals surface area contributed by atoms with Crippen LogP contribution in [0.3, 0.4) is 0 Å². The molecule has 2 aromatic heterocycles. The number of rotatable bonds is 12. The highest BCUT2D eigenvalue weighted by atomic mass is 16.6. The Bertz CT molecular complexity index is 2660. The van der Waals surface area contributed by atoms with Gasteiger partial charge in [0.1, 0.15) is 41.3 Å². The number of ether oxygens (including phenoxy) is 5. The van der Waals surface area contributed by atoms with E-state index >= 15 is 0 Å². The molecule has 0 radical (unpaired) electrons. The highest BCUT2D eigenvalue weighted by molar-refractivity contribution is 5.76. The predicted octanol–water partition coefficient (Wildman–Crippen LogP) is 9.90. The second-order valence-electron chi connectivity index (χ2n) is 16.7. The summed E-state index contributed by atoms with van der Waals surface area (Å²) in [5.74, 6) is 3.31. The van der Waals surface area contributed by atoms with E-state index in [9.17, 15) is 4.79 Å². The van der Waals surface area contributed by atoms with Gasteiger partial charge in [0.05, 0.1) is 39.8 Å². The lowest BCUT2D eigenvalue weighted by atomic mass is 9.95. The molecule has 12 heteroatoms. The van der Waals surface area contributed by atoms with E-state index in [1.165, 1.54) is 16.7 Å².